The van der Waals surface area contributed by atoms with Gasteiger partial charge in [0, 0.05) is 12.5 Å². The Morgan fingerprint density at radius 1 is 1.16 bits per heavy atom. The summed E-state index contributed by atoms with van der Waals surface area (Å²) >= 11 is 0. The van der Waals surface area contributed by atoms with Crippen molar-refractivity contribution in [2.45, 2.75) is 57.6 Å². The first-order valence-corrected chi connectivity index (χ1v) is 9.01. The second-order valence-corrected chi connectivity index (χ2v) is 9.20. The maximum Gasteiger partial charge on any atom is 0.223 e. The molecule has 1 N–H and O–H groups in total. The number of hydrogen-bond acceptors (Lipinski definition) is 3. The van der Waals surface area contributed by atoms with Gasteiger partial charge in [0.25, 0.3) is 0 Å². The molecule has 0 unspecified atom stereocenters. The van der Waals surface area contributed by atoms with Crippen molar-refractivity contribution in [2.24, 2.45) is 11.3 Å². The van der Waals surface area contributed by atoms with Crippen LogP contribution in [0.2, 0.25) is 0 Å². The lowest BCUT2D eigenvalue weighted by Crippen LogP contribution is -2.36. The van der Waals surface area contributed by atoms with Crippen molar-refractivity contribution < 1.29 is 13.2 Å². The van der Waals surface area contributed by atoms with Crippen molar-refractivity contribution in [1.29, 1.82) is 0 Å². The average molecular weight is 287 g/mol. The minimum Gasteiger partial charge on any atom is -0.355 e. The van der Waals surface area contributed by atoms with Gasteiger partial charge in [-0.2, -0.15) is 0 Å². The summed E-state index contributed by atoms with van der Waals surface area (Å²) in [5, 5.41) is 2.54. The lowest BCUT2D eigenvalue weighted by molar-refractivity contribution is -0.122. The van der Waals surface area contributed by atoms with Gasteiger partial charge in [-0.25, -0.2) is 8.42 Å². The molecule has 2 saturated carbocycles. The summed E-state index contributed by atoms with van der Waals surface area (Å²) in [6, 6.07) is 0. The number of sulfone groups is 1. The molecule has 0 aliphatic heterocycles. The molecule has 1 amide bonds. The minimum atomic E-state index is -3.05. The van der Waals surface area contributed by atoms with E-state index in [1.165, 1.54) is 0 Å². The summed E-state index contributed by atoms with van der Waals surface area (Å²) in [5.74, 6) is 0.273. The predicted molar refractivity (Wildman–Crippen MR) is 75.6 cm³/mol. The highest BCUT2D eigenvalue weighted by Gasteiger charge is 2.34. The van der Waals surface area contributed by atoms with Crippen LogP contribution >= 0.6 is 0 Å². The fourth-order valence-electron chi connectivity index (χ4n) is 2.70. The van der Waals surface area contributed by atoms with Crippen LogP contribution < -0.4 is 5.32 Å². The van der Waals surface area contributed by atoms with E-state index in [4.69, 9.17) is 0 Å². The molecule has 2 rings (SSSR count). The van der Waals surface area contributed by atoms with Crippen LogP contribution in [0.1, 0.15) is 52.4 Å². The molecule has 4 nitrogen and oxygen atoms in total. The molecule has 5 heteroatoms. The van der Waals surface area contributed by atoms with Crippen molar-refractivity contribution in [3.63, 3.8) is 0 Å². The molecule has 2 fully saturated rings. The number of amides is 1. The summed E-state index contributed by atoms with van der Waals surface area (Å²) in [6.07, 6.45) is 5.40. The molecule has 0 saturated heterocycles. The molecule has 0 aromatic carbocycles. The highest BCUT2D eigenvalue weighted by molar-refractivity contribution is 7.92. The summed E-state index contributed by atoms with van der Waals surface area (Å²) in [5.41, 5.74) is 0.284. The van der Waals surface area contributed by atoms with Gasteiger partial charge in [0.05, 0.1) is 11.0 Å². The van der Waals surface area contributed by atoms with E-state index in [9.17, 15) is 13.2 Å². The first-order valence-electron chi connectivity index (χ1n) is 7.29. The molecule has 0 aromatic rings. The van der Waals surface area contributed by atoms with Crippen LogP contribution in [0, 0.1) is 11.3 Å². The van der Waals surface area contributed by atoms with Gasteiger partial charge in [0.1, 0.15) is 0 Å². The Labute approximate surface area is 116 Å². The van der Waals surface area contributed by atoms with Crippen molar-refractivity contribution in [2.75, 3.05) is 12.3 Å². The van der Waals surface area contributed by atoms with Crippen LogP contribution in [0.4, 0.5) is 0 Å². The van der Waals surface area contributed by atoms with Crippen LogP contribution in [0.3, 0.4) is 0 Å². The van der Waals surface area contributed by atoms with E-state index in [2.05, 4.69) is 19.2 Å². The predicted octanol–water partition coefficient (Wildman–Crippen LogP) is 1.90. The van der Waals surface area contributed by atoms with E-state index in [1.807, 2.05) is 0 Å². The molecule has 0 atom stereocenters. The first-order chi connectivity index (χ1) is 8.80. The number of carbonyl (C=O) groups is 1. The van der Waals surface area contributed by atoms with E-state index in [1.54, 1.807) is 0 Å². The Morgan fingerprint density at radius 2 is 1.74 bits per heavy atom. The van der Waals surface area contributed by atoms with Gasteiger partial charge in [0.15, 0.2) is 9.84 Å². The van der Waals surface area contributed by atoms with Gasteiger partial charge >= 0.3 is 0 Å². The fourth-order valence-corrected chi connectivity index (χ4v) is 4.38. The zero-order valence-electron chi connectivity index (χ0n) is 11.9. The van der Waals surface area contributed by atoms with Gasteiger partial charge in [-0.1, -0.05) is 13.8 Å². The van der Waals surface area contributed by atoms with E-state index in [0.717, 1.165) is 38.5 Å². The third-order valence-corrected chi connectivity index (χ3v) is 6.69. The normalized spacial score (nSPS) is 24.1. The maximum atomic E-state index is 12.2. The Morgan fingerprint density at radius 3 is 2.26 bits per heavy atom. The molecule has 0 spiro atoms. The second kappa shape index (κ2) is 5.43. The molecule has 2 aliphatic rings. The third kappa shape index (κ3) is 4.20. The third-order valence-electron chi connectivity index (χ3n) is 4.43. The highest BCUT2D eigenvalue weighted by Crippen LogP contribution is 2.37. The van der Waals surface area contributed by atoms with Gasteiger partial charge in [-0.05, 0) is 43.9 Å². The van der Waals surface area contributed by atoms with E-state index in [-0.39, 0.29) is 34.8 Å². The van der Waals surface area contributed by atoms with Gasteiger partial charge < -0.3 is 5.32 Å². The zero-order valence-corrected chi connectivity index (χ0v) is 12.8. The van der Waals surface area contributed by atoms with Crippen LogP contribution in [0.15, 0.2) is 0 Å². The number of rotatable bonds is 5. The molecule has 0 bridgehead atoms. The molecular weight excluding hydrogens is 262 g/mol. The van der Waals surface area contributed by atoms with Crippen molar-refractivity contribution >= 4 is 15.7 Å². The Balaban J connectivity index is 1.76. The lowest BCUT2D eigenvalue weighted by Gasteiger charge is -2.33. The minimum absolute atomic E-state index is 0.0278. The van der Waals surface area contributed by atoms with Gasteiger partial charge in [0.2, 0.25) is 5.91 Å². The first kappa shape index (κ1) is 14.8. The number of carbonyl (C=O) groups excluding carboxylic acids is 1. The second-order valence-electron chi connectivity index (χ2n) is 6.80. The topological polar surface area (TPSA) is 63.2 Å². The van der Waals surface area contributed by atoms with E-state index < -0.39 is 9.84 Å². The van der Waals surface area contributed by atoms with Crippen molar-refractivity contribution in [3.8, 4) is 0 Å². The number of nitrogens with one attached hydrogen (secondary N) is 1. The molecule has 0 heterocycles. The van der Waals surface area contributed by atoms with Crippen LogP contribution in [0.5, 0.6) is 0 Å². The summed E-state index contributed by atoms with van der Waals surface area (Å²) < 4.78 is 24.4. The fraction of sp³-hybridized carbons (Fsp3) is 0.929. The molecule has 2 aliphatic carbocycles. The molecular formula is C14H25NO3S. The molecule has 110 valence electrons. The maximum absolute atomic E-state index is 12.2. The summed E-state index contributed by atoms with van der Waals surface area (Å²) in [4.78, 5) is 11.4. The smallest absolute Gasteiger partial charge is 0.223 e. The Hall–Kier alpha value is -0.580. The van der Waals surface area contributed by atoms with Crippen molar-refractivity contribution in [3.05, 3.63) is 0 Å². The number of hydrogen-bond donors (Lipinski definition) is 1. The zero-order chi connectivity index (χ0) is 14.1. The average Bonchev–Trinajstić information content (AvgIpc) is 3.11. The van der Waals surface area contributed by atoms with Crippen molar-refractivity contribution in [1.82, 2.24) is 5.32 Å². The van der Waals surface area contributed by atoms with Gasteiger partial charge in [-0.15, -0.1) is 0 Å². The molecule has 19 heavy (non-hydrogen) atoms. The standard InChI is InChI=1S/C14H25NO3S/c1-14(2)7-5-12(6-8-14)19(17,18)10-9-15-13(16)11-3-4-11/h11-12H,3-10H2,1-2H3,(H,15,16). The molecule has 0 radical (unpaired) electrons. The monoisotopic (exact) mass is 287 g/mol. The van der Waals surface area contributed by atoms with E-state index in [0.29, 0.717) is 0 Å². The highest BCUT2D eigenvalue weighted by atomic mass is 32.2. The van der Waals surface area contributed by atoms with E-state index >= 15 is 0 Å². The van der Waals surface area contributed by atoms with Gasteiger partial charge in [-0.3, -0.25) is 4.79 Å². The van der Waals surface area contributed by atoms with Crippen LogP contribution in [0.25, 0.3) is 0 Å². The Kier molecular flexibility index (Phi) is 4.23. The largest absolute Gasteiger partial charge is 0.355 e. The lowest BCUT2D eigenvalue weighted by atomic mass is 9.77. The summed E-state index contributed by atoms with van der Waals surface area (Å²) in [6.45, 7) is 4.68. The summed E-state index contributed by atoms with van der Waals surface area (Å²) in [7, 11) is -3.05. The SMILES string of the molecule is CC1(C)CCC(S(=O)(=O)CCNC(=O)C2CC2)CC1. The Bertz CT molecular complexity index is 428. The quantitative estimate of drug-likeness (QED) is 0.840. The van der Waals surface area contributed by atoms with Crippen LogP contribution in [-0.2, 0) is 14.6 Å². The molecule has 0 aromatic heterocycles. The van der Waals surface area contributed by atoms with Crippen LogP contribution in [-0.4, -0.2) is 31.9 Å².